The number of carbonyl (C=O) groups excluding carboxylic acids is 2. The number of hydrogen-bond acceptors (Lipinski definition) is 5. The number of esters is 2. The van der Waals surface area contributed by atoms with E-state index in [0.717, 1.165) is 19.3 Å². The molecular weight excluding hydrogens is 248 g/mol. The van der Waals surface area contributed by atoms with Gasteiger partial charge in [0.1, 0.15) is 13.2 Å². The molecule has 0 aliphatic carbocycles. The van der Waals surface area contributed by atoms with Gasteiger partial charge < -0.3 is 14.2 Å². The first-order chi connectivity index (χ1) is 9.10. The summed E-state index contributed by atoms with van der Waals surface area (Å²) in [5.74, 6) is -0.907. The van der Waals surface area contributed by atoms with Crippen molar-refractivity contribution in [3.8, 4) is 0 Å². The zero-order valence-electron chi connectivity index (χ0n) is 12.3. The largest absolute Gasteiger partial charge is 0.464 e. The van der Waals surface area contributed by atoms with Gasteiger partial charge in [-0.3, -0.25) is 0 Å². The molecule has 0 N–H and O–H groups in total. The van der Waals surface area contributed by atoms with E-state index in [1.54, 1.807) is 6.92 Å². The van der Waals surface area contributed by atoms with Crippen molar-refractivity contribution in [2.75, 3.05) is 19.8 Å². The van der Waals surface area contributed by atoms with Crippen LogP contribution in [-0.4, -0.2) is 37.9 Å². The van der Waals surface area contributed by atoms with Gasteiger partial charge in [-0.1, -0.05) is 26.2 Å². The van der Waals surface area contributed by atoms with Crippen LogP contribution >= 0.6 is 0 Å². The fraction of sp³-hybridized carbons (Fsp3) is 0.857. The Balaban J connectivity index is 3.53. The zero-order valence-corrected chi connectivity index (χ0v) is 12.3. The number of carbonyl (C=O) groups is 2. The third-order valence-electron chi connectivity index (χ3n) is 2.54. The zero-order chi connectivity index (χ0) is 14.5. The normalized spacial score (nSPS) is 11.9. The SMILES string of the molecule is CCCCCCC(C)OC(=O)COCC(=O)OCC. The fourth-order valence-electron chi connectivity index (χ4n) is 1.60. The van der Waals surface area contributed by atoms with Crippen molar-refractivity contribution in [3.05, 3.63) is 0 Å². The molecule has 0 rings (SSSR count). The number of hydrogen-bond donors (Lipinski definition) is 0. The Kier molecular flexibility index (Phi) is 11.3. The van der Waals surface area contributed by atoms with Gasteiger partial charge in [-0.2, -0.15) is 0 Å². The molecule has 0 radical (unpaired) electrons. The van der Waals surface area contributed by atoms with E-state index in [9.17, 15) is 9.59 Å². The molecule has 112 valence electrons. The molecule has 0 saturated heterocycles. The van der Waals surface area contributed by atoms with Gasteiger partial charge in [-0.05, 0) is 26.7 Å². The first-order valence-corrected chi connectivity index (χ1v) is 7.03. The lowest BCUT2D eigenvalue weighted by Gasteiger charge is -2.13. The van der Waals surface area contributed by atoms with E-state index in [4.69, 9.17) is 9.47 Å². The average Bonchev–Trinajstić information content (AvgIpc) is 2.35. The molecule has 1 atom stereocenters. The van der Waals surface area contributed by atoms with E-state index in [-0.39, 0.29) is 19.3 Å². The smallest absolute Gasteiger partial charge is 0.332 e. The molecule has 0 saturated carbocycles. The predicted octanol–water partition coefficient (Wildman–Crippen LogP) is 2.47. The van der Waals surface area contributed by atoms with Crippen molar-refractivity contribution in [2.24, 2.45) is 0 Å². The molecule has 5 nitrogen and oxygen atoms in total. The summed E-state index contributed by atoms with van der Waals surface area (Å²) in [7, 11) is 0. The maximum absolute atomic E-state index is 11.4. The van der Waals surface area contributed by atoms with E-state index < -0.39 is 11.9 Å². The molecule has 0 bridgehead atoms. The molecule has 0 aromatic heterocycles. The lowest BCUT2D eigenvalue weighted by atomic mass is 10.1. The first-order valence-electron chi connectivity index (χ1n) is 7.03. The molecule has 1 unspecified atom stereocenters. The Morgan fingerprint density at radius 3 is 2.32 bits per heavy atom. The molecule has 0 fully saturated rings. The number of rotatable bonds is 11. The lowest BCUT2D eigenvalue weighted by molar-refractivity contribution is -0.158. The van der Waals surface area contributed by atoms with Gasteiger partial charge in [0.05, 0.1) is 12.7 Å². The van der Waals surface area contributed by atoms with Gasteiger partial charge in [-0.15, -0.1) is 0 Å². The van der Waals surface area contributed by atoms with Crippen LogP contribution in [0.1, 0.15) is 52.9 Å². The van der Waals surface area contributed by atoms with Gasteiger partial charge in [0, 0.05) is 0 Å². The molecule has 0 aromatic carbocycles. The van der Waals surface area contributed by atoms with Crippen molar-refractivity contribution < 1.29 is 23.8 Å². The van der Waals surface area contributed by atoms with Crippen molar-refractivity contribution in [1.29, 1.82) is 0 Å². The molecule has 19 heavy (non-hydrogen) atoms. The van der Waals surface area contributed by atoms with Gasteiger partial charge in [0.25, 0.3) is 0 Å². The highest BCUT2D eigenvalue weighted by Crippen LogP contribution is 2.08. The second kappa shape index (κ2) is 12.0. The Labute approximate surface area is 115 Å². The first kappa shape index (κ1) is 17.9. The van der Waals surface area contributed by atoms with Crippen LogP contribution in [0.4, 0.5) is 0 Å². The Hall–Kier alpha value is -1.10. The lowest BCUT2D eigenvalue weighted by Crippen LogP contribution is -2.22. The topological polar surface area (TPSA) is 61.8 Å². The monoisotopic (exact) mass is 274 g/mol. The van der Waals surface area contributed by atoms with Crippen LogP contribution < -0.4 is 0 Å². The standard InChI is InChI=1S/C14H26O5/c1-4-6-7-8-9-12(3)19-14(16)11-17-10-13(15)18-5-2/h12H,4-11H2,1-3H3. The Morgan fingerprint density at radius 1 is 1.00 bits per heavy atom. The van der Waals surface area contributed by atoms with Crippen molar-refractivity contribution in [2.45, 2.75) is 59.0 Å². The van der Waals surface area contributed by atoms with Crippen LogP contribution in [0, 0.1) is 0 Å². The summed E-state index contributed by atoms with van der Waals surface area (Å²) in [5, 5.41) is 0. The predicted molar refractivity (Wildman–Crippen MR) is 71.8 cm³/mol. The Morgan fingerprint density at radius 2 is 1.68 bits per heavy atom. The summed E-state index contributed by atoms with van der Waals surface area (Å²) in [5.41, 5.74) is 0. The molecular formula is C14H26O5. The van der Waals surface area contributed by atoms with Crippen molar-refractivity contribution in [3.63, 3.8) is 0 Å². The van der Waals surface area contributed by atoms with Crippen LogP contribution in [0.25, 0.3) is 0 Å². The van der Waals surface area contributed by atoms with Crippen LogP contribution in [0.2, 0.25) is 0 Å². The summed E-state index contributed by atoms with van der Waals surface area (Å²) in [4.78, 5) is 22.3. The summed E-state index contributed by atoms with van der Waals surface area (Å²) < 4.78 is 14.7. The quantitative estimate of drug-likeness (QED) is 0.428. The molecule has 0 spiro atoms. The van der Waals surface area contributed by atoms with E-state index in [1.807, 2.05) is 6.92 Å². The third-order valence-corrected chi connectivity index (χ3v) is 2.54. The minimum atomic E-state index is -0.470. The van der Waals surface area contributed by atoms with Crippen molar-refractivity contribution >= 4 is 11.9 Å². The molecule has 0 aromatic rings. The Bertz CT molecular complexity index is 252. The third kappa shape index (κ3) is 11.7. The van der Waals surface area contributed by atoms with Gasteiger partial charge in [-0.25, -0.2) is 9.59 Å². The molecule has 5 heteroatoms. The summed E-state index contributed by atoms with van der Waals surface area (Å²) >= 11 is 0. The second-order valence-electron chi connectivity index (χ2n) is 4.45. The van der Waals surface area contributed by atoms with Gasteiger partial charge >= 0.3 is 11.9 Å². The number of ether oxygens (including phenoxy) is 3. The molecule has 0 aliphatic rings. The minimum absolute atomic E-state index is 0.101. The van der Waals surface area contributed by atoms with E-state index in [1.165, 1.54) is 12.8 Å². The highest BCUT2D eigenvalue weighted by Gasteiger charge is 2.10. The van der Waals surface area contributed by atoms with Crippen molar-refractivity contribution in [1.82, 2.24) is 0 Å². The van der Waals surface area contributed by atoms with Crippen LogP contribution in [0.3, 0.4) is 0 Å². The molecule has 0 heterocycles. The molecule has 0 aliphatic heterocycles. The van der Waals surface area contributed by atoms with Crippen LogP contribution in [-0.2, 0) is 23.8 Å². The van der Waals surface area contributed by atoms with E-state index in [2.05, 4.69) is 11.7 Å². The van der Waals surface area contributed by atoms with Gasteiger partial charge in [0.2, 0.25) is 0 Å². The molecule has 0 amide bonds. The highest BCUT2D eigenvalue weighted by atomic mass is 16.6. The second-order valence-corrected chi connectivity index (χ2v) is 4.45. The fourth-order valence-corrected chi connectivity index (χ4v) is 1.60. The maximum Gasteiger partial charge on any atom is 0.332 e. The van der Waals surface area contributed by atoms with E-state index in [0.29, 0.717) is 6.61 Å². The summed E-state index contributed by atoms with van der Waals surface area (Å²) in [6.07, 6.45) is 5.39. The van der Waals surface area contributed by atoms with E-state index >= 15 is 0 Å². The summed E-state index contributed by atoms with van der Waals surface area (Å²) in [6.45, 7) is 5.62. The average molecular weight is 274 g/mol. The summed E-state index contributed by atoms with van der Waals surface area (Å²) in [6, 6.07) is 0. The number of unbranched alkanes of at least 4 members (excludes halogenated alkanes) is 3. The highest BCUT2D eigenvalue weighted by molar-refractivity contribution is 5.73. The minimum Gasteiger partial charge on any atom is -0.464 e. The maximum atomic E-state index is 11.4. The van der Waals surface area contributed by atoms with Crippen LogP contribution in [0.15, 0.2) is 0 Å². The van der Waals surface area contributed by atoms with Gasteiger partial charge in [0.15, 0.2) is 0 Å². The van der Waals surface area contributed by atoms with Crippen LogP contribution in [0.5, 0.6) is 0 Å².